The summed E-state index contributed by atoms with van der Waals surface area (Å²) in [5.74, 6) is 0. The summed E-state index contributed by atoms with van der Waals surface area (Å²) in [6.45, 7) is -0.337. The van der Waals surface area contributed by atoms with Crippen molar-refractivity contribution in [1.82, 2.24) is 10.8 Å². The molecule has 1 rings (SSSR count). The zero-order chi connectivity index (χ0) is 5.28. The van der Waals surface area contributed by atoms with Crippen molar-refractivity contribution in [3.05, 3.63) is 6.30 Å². The van der Waals surface area contributed by atoms with Crippen LogP contribution >= 0.6 is 0 Å². The summed E-state index contributed by atoms with van der Waals surface area (Å²) in [5.41, 5.74) is 1.61. The Balaban J connectivity index is 2.26. The Morgan fingerprint density at radius 1 is 1.86 bits per heavy atom. The molecule has 0 amide bonds. The lowest BCUT2D eigenvalue weighted by Gasteiger charge is -1.94. The fourth-order valence-electron chi connectivity index (χ4n) is 0.273. The van der Waals surface area contributed by atoms with E-state index in [0.29, 0.717) is 0 Å². The molecule has 0 unspecified atom stereocenters. The Morgan fingerprint density at radius 2 is 2.57 bits per heavy atom. The minimum absolute atomic E-state index is 0.282. The number of hydrogen-bond acceptors (Lipinski definition) is 3. The largest absolute Gasteiger partial charge is 0.254 e. The van der Waals surface area contributed by atoms with Gasteiger partial charge in [-0.1, -0.05) is 4.48 Å². The second-order valence-electron chi connectivity index (χ2n) is 1.03. The maximum Gasteiger partial charge on any atom is 0.254 e. The average Bonchev–Trinajstić information content (AvgIpc) is 1.87. The van der Waals surface area contributed by atoms with E-state index in [9.17, 15) is 8.87 Å². The van der Waals surface area contributed by atoms with Crippen molar-refractivity contribution in [1.29, 1.82) is 0 Å². The fraction of sp³-hybridized carbons (Fsp3) is 0.500. The molecule has 0 bridgehead atoms. The number of nitrogens with zero attached hydrogens (tertiary/aromatic N) is 1. The van der Waals surface area contributed by atoms with Gasteiger partial charge in [0.25, 0.3) is 6.30 Å². The molecule has 41 valence electrons. The number of halogens is 2. The van der Waals surface area contributed by atoms with Gasteiger partial charge in [0.2, 0.25) is 0 Å². The summed E-state index contributed by atoms with van der Waals surface area (Å²) < 4.78 is 23.0. The summed E-state index contributed by atoms with van der Waals surface area (Å²) in [4.78, 5) is 3.91. The van der Waals surface area contributed by atoms with Crippen molar-refractivity contribution < 1.29 is 13.7 Å². The van der Waals surface area contributed by atoms with Gasteiger partial charge in [-0.2, -0.15) is 5.43 Å². The smallest absolute Gasteiger partial charge is 0.251 e. The third kappa shape index (κ3) is 1.05. The fourth-order valence-corrected chi connectivity index (χ4v) is 0.273. The summed E-state index contributed by atoms with van der Waals surface area (Å²) in [5, 5.41) is -0.282. The maximum absolute atomic E-state index is 11.6. The minimum atomic E-state index is -0.720. The number of hydrazine groups is 1. The molecule has 3 nitrogen and oxygen atoms in total. The highest BCUT2D eigenvalue weighted by Gasteiger charge is 2.22. The molecule has 0 atom stereocenters. The Kier molecular flexibility index (Phi) is 1.18. The summed E-state index contributed by atoms with van der Waals surface area (Å²) in [6, 6.07) is 0. The standard InChI is InChI=1S/C2H3F2N2O/c3-2-1-7-6(4)5-2/h5H,1H2. The van der Waals surface area contributed by atoms with E-state index < -0.39 is 6.30 Å². The highest BCUT2D eigenvalue weighted by molar-refractivity contribution is 4.69. The van der Waals surface area contributed by atoms with Gasteiger partial charge in [0.1, 0.15) is 6.61 Å². The first-order valence-corrected chi connectivity index (χ1v) is 1.66. The summed E-state index contributed by atoms with van der Waals surface area (Å²) in [7, 11) is 0. The van der Waals surface area contributed by atoms with E-state index in [1.54, 1.807) is 5.43 Å². The van der Waals surface area contributed by atoms with E-state index in [1.807, 2.05) is 0 Å². The van der Waals surface area contributed by atoms with Crippen molar-refractivity contribution in [3.63, 3.8) is 0 Å². The highest BCUT2D eigenvalue weighted by atomic mass is 19.2. The minimum Gasteiger partial charge on any atom is -0.251 e. The Morgan fingerprint density at radius 3 is 2.71 bits per heavy atom. The third-order valence-electron chi connectivity index (χ3n) is 0.514. The molecular weight excluding hydrogens is 106 g/mol. The zero-order valence-corrected chi connectivity index (χ0v) is 3.32. The van der Waals surface area contributed by atoms with Crippen LogP contribution in [0.5, 0.6) is 0 Å². The average molecular weight is 109 g/mol. The molecule has 0 aliphatic carbocycles. The van der Waals surface area contributed by atoms with Crippen molar-refractivity contribution >= 4 is 0 Å². The van der Waals surface area contributed by atoms with Crippen LogP contribution in [-0.2, 0) is 4.84 Å². The lowest BCUT2D eigenvalue weighted by Crippen LogP contribution is -2.20. The van der Waals surface area contributed by atoms with Crippen LogP contribution < -0.4 is 5.43 Å². The summed E-state index contributed by atoms with van der Waals surface area (Å²) >= 11 is 0. The van der Waals surface area contributed by atoms with Gasteiger partial charge in [0, 0.05) is 0 Å². The van der Waals surface area contributed by atoms with E-state index in [4.69, 9.17) is 0 Å². The van der Waals surface area contributed by atoms with E-state index in [1.165, 1.54) is 0 Å². The van der Waals surface area contributed by atoms with E-state index in [2.05, 4.69) is 4.84 Å². The molecule has 1 aliphatic rings. The van der Waals surface area contributed by atoms with Gasteiger partial charge in [-0.3, -0.25) is 4.84 Å². The molecule has 1 N–H and O–H groups in total. The molecule has 1 saturated heterocycles. The Bertz CT molecular complexity index is 62.7. The zero-order valence-electron chi connectivity index (χ0n) is 3.32. The number of nitrogens with one attached hydrogen (secondary N) is 1. The van der Waals surface area contributed by atoms with Gasteiger partial charge in [-0.15, -0.1) is 0 Å². The summed E-state index contributed by atoms with van der Waals surface area (Å²) in [6.07, 6.45) is -0.720. The van der Waals surface area contributed by atoms with E-state index in [0.717, 1.165) is 0 Å². The molecule has 0 aromatic heterocycles. The predicted octanol–water partition coefficient (Wildman–Crippen LogP) is 0.0817. The quantitative estimate of drug-likeness (QED) is 0.352. The molecule has 7 heavy (non-hydrogen) atoms. The van der Waals surface area contributed by atoms with Gasteiger partial charge < -0.3 is 0 Å². The van der Waals surface area contributed by atoms with Crippen molar-refractivity contribution in [2.75, 3.05) is 6.61 Å². The van der Waals surface area contributed by atoms with Crippen LogP contribution in [0.4, 0.5) is 8.87 Å². The second-order valence-corrected chi connectivity index (χ2v) is 1.03. The molecule has 0 spiro atoms. The molecule has 1 aliphatic heterocycles. The number of rotatable bonds is 0. The molecule has 0 aromatic rings. The first-order valence-electron chi connectivity index (χ1n) is 1.66. The second kappa shape index (κ2) is 1.69. The SMILES string of the molecule is F[C]1CON(F)N1. The molecule has 1 fully saturated rings. The normalized spacial score (nSPS) is 26.6. The van der Waals surface area contributed by atoms with Crippen LogP contribution in [0.15, 0.2) is 0 Å². The van der Waals surface area contributed by atoms with E-state index >= 15 is 0 Å². The molecule has 0 saturated carbocycles. The molecule has 5 heteroatoms. The van der Waals surface area contributed by atoms with Crippen LogP contribution in [0.25, 0.3) is 0 Å². The van der Waals surface area contributed by atoms with Crippen LogP contribution in [0.1, 0.15) is 0 Å². The van der Waals surface area contributed by atoms with Gasteiger partial charge in [0.05, 0.1) is 5.39 Å². The first kappa shape index (κ1) is 4.89. The van der Waals surface area contributed by atoms with Crippen molar-refractivity contribution in [3.8, 4) is 0 Å². The molecule has 1 radical (unpaired) electrons. The predicted molar refractivity (Wildman–Crippen MR) is 16.4 cm³/mol. The number of hydrogen-bond donors (Lipinski definition) is 1. The molecular formula is C2H3F2N2O. The van der Waals surface area contributed by atoms with Crippen molar-refractivity contribution in [2.45, 2.75) is 0 Å². The van der Waals surface area contributed by atoms with Gasteiger partial charge >= 0.3 is 0 Å². The Labute approximate surface area is 38.7 Å². The topological polar surface area (TPSA) is 24.5 Å². The van der Waals surface area contributed by atoms with Gasteiger partial charge in [0.15, 0.2) is 0 Å². The monoisotopic (exact) mass is 109 g/mol. The maximum atomic E-state index is 11.6. The van der Waals surface area contributed by atoms with Crippen molar-refractivity contribution in [2.24, 2.45) is 0 Å². The third-order valence-corrected chi connectivity index (χ3v) is 0.514. The first-order chi connectivity index (χ1) is 3.29. The van der Waals surface area contributed by atoms with Crippen LogP contribution in [0.2, 0.25) is 0 Å². The molecule has 1 heterocycles. The lowest BCUT2D eigenvalue weighted by atomic mass is 10.7. The van der Waals surface area contributed by atoms with Crippen LogP contribution in [0.3, 0.4) is 0 Å². The lowest BCUT2D eigenvalue weighted by molar-refractivity contribution is -0.271. The van der Waals surface area contributed by atoms with E-state index in [-0.39, 0.29) is 12.0 Å². The molecule has 0 aromatic carbocycles. The Hall–Kier alpha value is -0.260. The van der Waals surface area contributed by atoms with Gasteiger partial charge in [-0.25, -0.2) is 4.39 Å². The van der Waals surface area contributed by atoms with Gasteiger partial charge in [-0.05, 0) is 0 Å². The van der Waals surface area contributed by atoms with Crippen LogP contribution in [-0.4, -0.2) is 12.0 Å². The van der Waals surface area contributed by atoms with Crippen LogP contribution in [0, 0.1) is 6.30 Å². The highest BCUT2D eigenvalue weighted by Crippen LogP contribution is 2.07.